The van der Waals surface area contributed by atoms with Crippen LogP contribution in [0.2, 0.25) is 0 Å². The number of benzene rings is 2. The third kappa shape index (κ3) is 4.58. The highest BCUT2D eigenvalue weighted by molar-refractivity contribution is 6.04. The molecule has 0 saturated heterocycles. The van der Waals surface area contributed by atoms with Crippen molar-refractivity contribution < 1.29 is 19.1 Å². The van der Waals surface area contributed by atoms with E-state index in [0.29, 0.717) is 31.1 Å². The summed E-state index contributed by atoms with van der Waals surface area (Å²) in [5.41, 5.74) is 1.34. The van der Waals surface area contributed by atoms with Gasteiger partial charge in [-0.3, -0.25) is 9.59 Å². The summed E-state index contributed by atoms with van der Waals surface area (Å²) in [5.74, 6) is 0.493. The van der Waals surface area contributed by atoms with Crippen molar-refractivity contribution in [3.05, 3.63) is 54.6 Å². The normalized spacial score (nSPS) is 13.6. The Labute approximate surface area is 146 Å². The van der Waals surface area contributed by atoms with E-state index in [9.17, 15) is 9.59 Å². The number of rotatable bonds is 6. The Morgan fingerprint density at radius 3 is 2.64 bits per heavy atom. The fourth-order valence-electron chi connectivity index (χ4n) is 2.59. The fourth-order valence-corrected chi connectivity index (χ4v) is 2.59. The predicted octanol–water partition coefficient (Wildman–Crippen LogP) is 2.46. The van der Waals surface area contributed by atoms with E-state index in [2.05, 4.69) is 5.32 Å². The number of carbonyl (C=O) groups is 2. The molecule has 2 aromatic carbocycles. The van der Waals surface area contributed by atoms with Gasteiger partial charge in [-0.25, -0.2) is 0 Å². The summed E-state index contributed by atoms with van der Waals surface area (Å²) in [6.45, 7) is 0.966. The summed E-state index contributed by atoms with van der Waals surface area (Å²) in [7, 11) is 0. The molecule has 2 amide bonds. The van der Waals surface area contributed by atoms with E-state index in [4.69, 9.17) is 9.47 Å². The number of nitrogens with one attached hydrogen (secondary N) is 1. The molecule has 2 aromatic rings. The second-order valence-corrected chi connectivity index (χ2v) is 5.57. The molecule has 0 radical (unpaired) electrons. The lowest BCUT2D eigenvalue weighted by Gasteiger charge is -2.22. The fraction of sp³-hybridized carbons (Fsp3) is 0.263. The number of nitrogens with zero attached hydrogens (tertiary/aromatic N) is 1. The molecule has 0 atom stereocenters. The topological polar surface area (TPSA) is 67.9 Å². The second-order valence-electron chi connectivity index (χ2n) is 5.57. The first-order valence-corrected chi connectivity index (χ1v) is 8.19. The predicted molar refractivity (Wildman–Crippen MR) is 94.8 cm³/mol. The summed E-state index contributed by atoms with van der Waals surface area (Å²) in [5, 5.41) is 2.81. The first-order valence-electron chi connectivity index (χ1n) is 8.19. The van der Waals surface area contributed by atoms with Crippen LogP contribution in [0.15, 0.2) is 54.6 Å². The van der Waals surface area contributed by atoms with Gasteiger partial charge in [-0.1, -0.05) is 30.3 Å². The molecule has 1 heterocycles. The number of para-hydroxylation sites is 3. The van der Waals surface area contributed by atoms with Gasteiger partial charge in [0, 0.05) is 13.0 Å². The molecule has 0 fully saturated rings. The molecular weight excluding hydrogens is 320 g/mol. The third-order valence-electron chi connectivity index (χ3n) is 3.80. The van der Waals surface area contributed by atoms with Crippen LogP contribution < -0.4 is 15.0 Å². The van der Waals surface area contributed by atoms with Gasteiger partial charge >= 0.3 is 0 Å². The van der Waals surface area contributed by atoms with E-state index in [1.54, 1.807) is 11.0 Å². The van der Waals surface area contributed by atoms with Crippen molar-refractivity contribution in [3.8, 4) is 5.75 Å². The number of ether oxygens (including phenoxy) is 2. The maximum absolute atomic E-state index is 12.5. The molecule has 0 spiro atoms. The minimum atomic E-state index is -0.177. The second kappa shape index (κ2) is 8.30. The van der Waals surface area contributed by atoms with Crippen LogP contribution in [0.3, 0.4) is 0 Å². The average Bonchev–Trinajstić information content (AvgIpc) is 2.80. The van der Waals surface area contributed by atoms with Gasteiger partial charge in [-0.2, -0.15) is 0 Å². The summed E-state index contributed by atoms with van der Waals surface area (Å²) in [4.78, 5) is 25.8. The quantitative estimate of drug-likeness (QED) is 0.820. The molecule has 0 saturated carbocycles. The van der Waals surface area contributed by atoms with Crippen molar-refractivity contribution in [1.82, 2.24) is 0 Å². The summed E-state index contributed by atoms with van der Waals surface area (Å²) in [6.07, 6.45) is 0.261. The minimum Gasteiger partial charge on any atom is -0.491 e. The summed E-state index contributed by atoms with van der Waals surface area (Å²) in [6, 6.07) is 16.7. The van der Waals surface area contributed by atoms with Crippen LogP contribution in [0.25, 0.3) is 0 Å². The zero-order valence-electron chi connectivity index (χ0n) is 13.8. The molecule has 0 aromatic heterocycles. The van der Waals surface area contributed by atoms with E-state index < -0.39 is 0 Å². The van der Waals surface area contributed by atoms with Gasteiger partial charge in [0.05, 0.1) is 18.0 Å². The molecular formula is C19H20N2O4. The van der Waals surface area contributed by atoms with Crippen LogP contribution in [-0.2, 0) is 14.3 Å². The number of carbonyl (C=O) groups excluding carboxylic acids is 2. The first-order chi connectivity index (χ1) is 12.2. The van der Waals surface area contributed by atoms with E-state index in [0.717, 1.165) is 5.75 Å². The van der Waals surface area contributed by atoms with Crippen LogP contribution in [-0.4, -0.2) is 38.2 Å². The van der Waals surface area contributed by atoms with Crippen molar-refractivity contribution in [3.63, 3.8) is 0 Å². The molecule has 6 heteroatoms. The highest BCUT2D eigenvalue weighted by atomic mass is 16.5. The molecule has 130 valence electrons. The molecule has 0 bridgehead atoms. The Hall–Kier alpha value is -2.86. The van der Waals surface area contributed by atoms with E-state index >= 15 is 0 Å². The zero-order chi connectivity index (χ0) is 17.5. The Morgan fingerprint density at radius 1 is 1.04 bits per heavy atom. The molecule has 1 N–H and O–H groups in total. The van der Waals surface area contributed by atoms with Crippen molar-refractivity contribution in [2.45, 2.75) is 6.42 Å². The van der Waals surface area contributed by atoms with E-state index in [1.807, 2.05) is 48.5 Å². The maximum atomic E-state index is 12.5. The maximum Gasteiger partial charge on any atom is 0.253 e. The largest absolute Gasteiger partial charge is 0.491 e. The number of fused-ring (bicyclic) bond motifs is 1. The summed E-state index contributed by atoms with van der Waals surface area (Å²) >= 11 is 0. The smallest absolute Gasteiger partial charge is 0.253 e. The lowest BCUT2D eigenvalue weighted by molar-refractivity contribution is -0.123. The molecule has 3 rings (SSSR count). The molecule has 6 nitrogen and oxygen atoms in total. The highest BCUT2D eigenvalue weighted by Crippen LogP contribution is 2.28. The molecule has 0 aliphatic carbocycles. The zero-order valence-corrected chi connectivity index (χ0v) is 13.8. The standard InChI is InChI=1S/C19H20N2O4/c22-18-10-11-21(17-9-5-4-8-16(17)20-18)19(23)14-24-12-13-25-15-6-2-1-3-7-15/h1-9H,10-14H2,(H,20,22). The van der Waals surface area contributed by atoms with E-state index in [1.165, 1.54) is 0 Å². The Bertz CT molecular complexity index is 733. The van der Waals surface area contributed by atoms with Gasteiger partial charge in [0.25, 0.3) is 5.91 Å². The van der Waals surface area contributed by atoms with Gasteiger partial charge in [0.2, 0.25) is 5.91 Å². The lowest BCUT2D eigenvalue weighted by atomic mass is 10.2. The van der Waals surface area contributed by atoms with E-state index in [-0.39, 0.29) is 24.8 Å². The van der Waals surface area contributed by atoms with Crippen molar-refractivity contribution in [2.24, 2.45) is 0 Å². The molecule has 25 heavy (non-hydrogen) atoms. The van der Waals surface area contributed by atoms with Gasteiger partial charge in [-0.05, 0) is 24.3 Å². The summed E-state index contributed by atoms with van der Waals surface area (Å²) < 4.78 is 11.0. The van der Waals surface area contributed by atoms with Crippen LogP contribution in [0.1, 0.15) is 6.42 Å². The van der Waals surface area contributed by atoms with Gasteiger partial charge in [0.1, 0.15) is 19.0 Å². The third-order valence-corrected chi connectivity index (χ3v) is 3.80. The van der Waals surface area contributed by atoms with Crippen molar-refractivity contribution in [2.75, 3.05) is 36.6 Å². The van der Waals surface area contributed by atoms with Crippen LogP contribution >= 0.6 is 0 Å². The van der Waals surface area contributed by atoms with Gasteiger partial charge in [-0.15, -0.1) is 0 Å². The molecule has 1 aliphatic heterocycles. The van der Waals surface area contributed by atoms with Crippen LogP contribution in [0, 0.1) is 0 Å². The number of hydrogen-bond donors (Lipinski definition) is 1. The Morgan fingerprint density at radius 2 is 1.80 bits per heavy atom. The van der Waals surface area contributed by atoms with Crippen molar-refractivity contribution in [1.29, 1.82) is 0 Å². The molecule has 1 aliphatic rings. The van der Waals surface area contributed by atoms with Gasteiger partial charge in [0.15, 0.2) is 0 Å². The lowest BCUT2D eigenvalue weighted by Crippen LogP contribution is -2.35. The minimum absolute atomic E-state index is 0.0549. The first kappa shape index (κ1) is 17.0. The Balaban J connectivity index is 1.50. The SMILES string of the molecule is O=C1CCN(C(=O)COCCOc2ccccc2)c2ccccc2N1. The number of hydrogen-bond acceptors (Lipinski definition) is 4. The van der Waals surface area contributed by atoms with Gasteiger partial charge < -0.3 is 19.7 Å². The van der Waals surface area contributed by atoms with Crippen molar-refractivity contribution >= 4 is 23.2 Å². The van der Waals surface area contributed by atoms with Crippen LogP contribution in [0.5, 0.6) is 5.75 Å². The number of anilines is 2. The Kier molecular flexibility index (Phi) is 5.64. The highest BCUT2D eigenvalue weighted by Gasteiger charge is 2.23. The number of amides is 2. The monoisotopic (exact) mass is 340 g/mol. The van der Waals surface area contributed by atoms with Crippen LogP contribution in [0.4, 0.5) is 11.4 Å². The average molecular weight is 340 g/mol. The molecule has 0 unspecified atom stereocenters.